The van der Waals surface area contributed by atoms with Crippen molar-refractivity contribution in [2.45, 2.75) is 87.0 Å². The predicted molar refractivity (Wildman–Crippen MR) is 120 cm³/mol. The molecule has 162 valence electrons. The lowest BCUT2D eigenvalue weighted by molar-refractivity contribution is 0.118. The molecule has 0 saturated heterocycles. The molecule has 1 unspecified atom stereocenters. The van der Waals surface area contributed by atoms with Crippen molar-refractivity contribution in [2.24, 2.45) is 22.7 Å². The minimum Gasteiger partial charge on any atom is -0.286 e. The lowest BCUT2D eigenvalue weighted by Crippen LogP contribution is -2.33. The summed E-state index contributed by atoms with van der Waals surface area (Å²) in [6, 6.07) is 8.91. The lowest BCUT2D eigenvalue weighted by Gasteiger charge is -2.44. The number of rotatable bonds is 11. The second-order valence-electron chi connectivity index (χ2n) is 10.4. The Morgan fingerprint density at radius 2 is 1.43 bits per heavy atom. The fraction of sp³-hybridized carbons (Fsp3) is 0.750. The summed E-state index contributed by atoms with van der Waals surface area (Å²) in [4.78, 5) is 0. The average Bonchev–Trinajstić information content (AvgIpc) is 2.56. The maximum absolute atomic E-state index is 10.8. The van der Waals surface area contributed by atoms with Gasteiger partial charge in [0.25, 0.3) is 10.1 Å². The first kappa shape index (κ1) is 25.2. The van der Waals surface area contributed by atoms with E-state index in [1.807, 2.05) is 0 Å². The van der Waals surface area contributed by atoms with E-state index in [1.165, 1.54) is 11.1 Å². The molecule has 1 N–H and O–H groups in total. The molecule has 3 nitrogen and oxygen atoms in total. The van der Waals surface area contributed by atoms with E-state index in [2.05, 4.69) is 79.7 Å². The summed E-state index contributed by atoms with van der Waals surface area (Å²) in [5.74, 6) is 1.54. The van der Waals surface area contributed by atoms with Crippen LogP contribution in [0.4, 0.5) is 0 Å². The highest BCUT2D eigenvalue weighted by Crippen LogP contribution is 2.49. The van der Waals surface area contributed by atoms with Gasteiger partial charge in [0, 0.05) is 0 Å². The Balaban J connectivity index is 2.96. The Kier molecular flexibility index (Phi) is 8.77. The molecule has 4 heteroatoms. The number of aryl methyl sites for hydroxylation is 1. The molecule has 0 aliphatic carbocycles. The average molecular weight is 411 g/mol. The van der Waals surface area contributed by atoms with Gasteiger partial charge in [0.2, 0.25) is 0 Å². The lowest BCUT2D eigenvalue weighted by atomic mass is 9.61. The Morgan fingerprint density at radius 3 is 1.86 bits per heavy atom. The van der Waals surface area contributed by atoms with Crippen LogP contribution in [-0.4, -0.2) is 18.7 Å². The van der Waals surface area contributed by atoms with Gasteiger partial charge in [-0.1, -0.05) is 79.7 Å². The van der Waals surface area contributed by atoms with Crippen LogP contribution in [0.15, 0.2) is 24.3 Å². The first-order valence-corrected chi connectivity index (χ1v) is 12.3. The van der Waals surface area contributed by atoms with Crippen LogP contribution in [0.25, 0.3) is 0 Å². The van der Waals surface area contributed by atoms with E-state index >= 15 is 0 Å². The van der Waals surface area contributed by atoms with Crippen molar-refractivity contribution in [1.29, 1.82) is 0 Å². The molecule has 1 aromatic rings. The summed E-state index contributed by atoms with van der Waals surface area (Å²) < 4.78 is 30.5. The van der Waals surface area contributed by atoms with Crippen LogP contribution in [0.1, 0.15) is 91.7 Å². The first-order chi connectivity index (χ1) is 12.7. The zero-order valence-corrected chi connectivity index (χ0v) is 20.1. The molecule has 0 saturated carbocycles. The predicted octanol–water partition coefficient (Wildman–Crippen LogP) is 6.74. The monoisotopic (exact) mass is 410 g/mol. The van der Waals surface area contributed by atoms with Crippen molar-refractivity contribution < 1.29 is 13.0 Å². The first-order valence-electron chi connectivity index (χ1n) is 10.7. The topological polar surface area (TPSA) is 54.4 Å². The smallest absolute Gasteiger partial charge is 0.264 e. The van der Waals surface area contributed by atoms with E-state index in [9.17, 15) is 8.42 Å². The van der Waals surface area contributed by atoms with Crippen LogP contribution in [0, 0.1) is 22.7 Å². The van der Waals surface area contributed by atoms with Gasteiger partial charge in [-0.3, -0.25) is 4.55 Å². The largest absolute Gasteiger partial charge is 0.286 e. The molecule has 1 atom stereocenters. The SMILES string of the molecule is CC(C)C(C)(C)CC(c1ccc(CCCCS(=O)(=O)O)cc1)C(C)(C)C(C)C. The second kappa shape index (κ2) is 9.75. The quantitative estimate of drug-likeness (QED) is 0.325. The maximum atomic E-state index is 10.8. The third-order valence-electron chi connectivity index (χ3n) is 7.18. The van der Waals surface area contributed by atoms with Gasteiger partial charge in [0.15, 0.2) is 0 Å². The van der Waals surface area contributed by atoms with Crippen LogP contribution in [0.3, 0.4) is 0 Å². The highest BCUT2D eigenvalue weighted by atomic mass is 32.2. The zero-order chi connectivity index (χ0) is 21.8. The molecule has 0 heterocycles. The van der Waals surface area contributed by atoms with Crippen LogP contribution in [0.5, 0.6) is 0 Å². The van der Waals surface area contributed by atoms with E-state index in [-0.39, 0.29) is 16.6 Å². The van der Waals surface area contributed by atoms with Crippen LogP contribution in [0.2, 0.25) is 0 Å². The van der Waals surface area contributed by atoms with Gasteiger partial charge in [0.1, 0.15) is 0 Å². The fourth-order valence-corrected chi connectivity index (χ4v) is 4.07. The molecule has 28 heavy (non-hydrogen) atoms. The van der Waals surface area contributed by atoms with Crippen molar-refractivity contribution in [3.05, 3.63) is 35.4 Å². The summed E-state index contributed by atoms with van der Waals surface area (Å²) in [5.41, 5.74) is 3.09. The summed E-state index contributed by atoms with van der Waals surface area (Å²) in [5, 5.41) is 0. The molecule has 1 rings (SSSR count). The Hall–Kier alpha value is -0.870. The molecular formula is C24H42O3S. The van der Waals surface area contributed by atoms with Gasteiger partial charge in [-0.05, 0) is 65.4 Å². The summed E-state index contributed by atoms with van der Waals surface area (Å²) >= 11 is 0. The molecule has 0 aromatic heterocycles. The van der Waals surface area contributed by atoms with Gasteiger partial charge >= 0.3 is 0 Å². The summed E-state index contributed by atoms with van der Waals surface area (Å²) in [6.07, 6.45) is 3.25. The minimum atomic E-state index is -3.85. The molecule has 0 aliphatic heterocycles. The molecule has 0 fully saturated rings. The second-order valence-corrected chi connectivity index (χ2v) is 11.9. The van der Waals surface area contributed by atoms with E-state index in [0.29, 0.717) is 24.2 Å². The molecule has 0 amide bonds. The number of benzene rings is 1. The van der Waals surface area contributed by atoms with Crippen molar-refractivity contribution in [2.75, 3.05) is 5.75 Å². The number of unbranched alkanes of at least 4 members (excludes halogenated alkanes) is 1. The molecule has 1 aromatic carbocycles. The molecule has 0 aliphatic rings. The standard InChI is InChI=1S/C24H42O3S/c1-18(2)23(5,6)17-22(24(7,8)19(3)4)21-14-12-20(13-15-21)11-9-10-16-28(25,26)27/h12-15,18-19,22H,9-11,16-17H2,1-8H3,(H,25,26,27). The van der Waals surface area contributed by atoms with Gasteiger partial charge in [-0.15, -0.1) is 0 Å². The van der Waals surface area contributed by atoms with Crippen molar-refractivity contribution in [3.63, 3.8) is 0 Å². The fourth-order valence-electron chi connectivity index (χ4n) is 3.50. The molecule has 0 bridgehead atoms. The molecular weight excluding hydrogens is 368 g/mol. The number of hydrogen-bond donors (Lipinski definition) is 1. The highest BCUT2D eigenvalue weighted by molar-refractivity contribution is 7.85. The van der Waals surface area contributed by atoms with Gasteiger partial charge < -0.3 is 0 Å². The van der Waals surface area contributed by atoms with E-state index in [4.69, 9.17) is 4.55 Å². The summed E-state index contributed by atoms with van der Waals surface area (Å²) in [6.45, 7) is 18.8. The van der Waals surface area contributed by atoms with Crippen molar-refractivity contribution >= 4 is 10.1 Å². The van der Waals surface area contributed by atoms with Crippen molar-refractivity contribution in [3.8, 4) is 0 Å². The van der Waals surface area contributed by atoms with Gasteiger partial charge in [0.05, 0.1) is 5.75 Å². The third kappa shape index (κ3) is 7.51. The minimum absolute atomic E-state index is 0.153. The number of hydrogen-bond acceptors (Lipinski definition) is 2. The van der Waals surface area contributed by atoms with E-state index in [1.54, 1.807) is 0 Å². The zero-order valence-electron chi connectivity index (χ0n) is 19.2. The molecule has 0 radical (unpaired) electrons. The maximum Gasteiger partial charge on any atom is 0.264 e. The van der Waals surface area contributed by atoms with Gasteiger partial charge in [-0.25, -0.2) is 0 Å². The Labute approximate surface area is 174 Å². The molecule has 0 spiro atoms. The summed E-state index contributed by atoms with van der Waals surface area (Å²) in [7, 11) is -3.85. The van der Waals surface area contributed by atoms with E-state index in [0.717, 1.165) is 19.3 Å². The third-order valence-corrected chi connectivity index (χ3v) is 7.98. The van der Waals surface area contributed by atoms with Gasteiger partial charge in [-0.2, -0.15) is 8.42 Å². The van der Waals surface area contributed by atoms with Crippen LogP contribution in [-0.2, 0) is 16.5 Å². The Bertz CT molecular complexity index is 698. The van der Waals surface area contributed by atoms with Crippen molar-refractivity contribution in [1.82, 2.24) is 0 Å². The highest BCUT2D eigenvalue weighted by Gasteiger charge is 2.38. The van der Waals surface area contributed by atoms with E-state index < -0.39 is 10.1 Å². The van der Waals surface area contributed by atoms with Crippen LogP contribution >= 0.6 is 0 Å². The van der Waals surface area contributed by atoms with Crippen LogP contribution < -0.4 is 0 Å². The Morgan fingerprint density at radius 1 is 0.893 bits per heavy atom. The normalized spacial score (nSPS) is 14.7.